The van der Waals surface area contributed by atoms with Crippen molar-refractivity contribution in [3.05, 3.63) is 90.0 Å². The first-order chi connectivity index (χ1) is 14.8. The molecule has 0 saturated carbocycles. The Morgan fingerprint density at radius 2 is 1.50 bits per heavy atom. The maximum Gasteiger partial charge on any atom is 0.154 e. The third-order valence-electron chi connectivity index (χ3n) is 4.89. The number of hydrogen-bond acceptors (Lipinski definition) is 5. The van der Waals surface area contributed by atoms with Crippen LogP contribution in [-0.2, 0) is 0 Å². The third kappa shape index (κ3) is 2.81. The molecule has 1 heterocycles. The van der Waals surface area contributed by atoms with Crippen LogP contribution in [0.5, 0.6) is 11.5 Å². The van der Waals surface area contributed by atoms with Crippen molar-refractivity contribution in [2.24, 2.45) is 0 Å². The molecule has 5 rings (SSSR count). The highest BCUT2D eigenvalue weighted by molar-refractivity contribution is 5.88. The Bertz CT molecular complexity index is 1500. The zero-order valence-electron chi connectivity index (χ0n) is 15.6. The van der Waals surface area contributed by atoms with Crippen LogP contribution in [0.4, 0.5) is 0 Å². The fourth-order valence-corrected chi connectivity index (χ4v) is 3.45. The molecule has 1 aromatic heterocycles. The normalized spacial score (nSPS) is 10.6. The van der Waals surface area contributed by atoms with Gasteiger partial charge in [-0.15, -0.1) is 5.10 Å². The number of aromatic nitrogens is 3. The fourth-order valence-electron chi connectivity index (χ4n) is 3.45. The molecule has 6 nitrogen and oxygen atoms in total. The zero-order chi connectivity index (χ0) is 20.5. The molecule has 0 unspecified atom stereocenters. The van der Waals surface area contributed by atoms with Gasteiger partial charge in [0.2, 0.25) is 0 Å². The van der Waals surface area contributed by atoms with Gasteiger partial charge in [0, 0.05) is 11.5 Å². The Kier molecular flexibility index (Phi) is 4.09. The molecule has 0 aliphatic heterocycles. The standard InChI is InChI=1S/C24H13N5O/c25-14-17-12-22(29-21-10-4-3-9-20(21)27-28-29)24(13-18(17)15-26)30-23-11-5-7-16-6-1-2-8-19(16)23/h1-13H. The maximum atomic E-state index is 9.52. The van der Waals surface area contributed by atoms with Gasteiger partial charge in [0.05, 0.1) is 16.6 Å². The van der Waals surface area contributed by atoms with Crippen LogP contribution in [0, 0.1) is 22.7 Å². The van der Waals surface area contributed by atoms with Crippen molar-refractivity contribution >= 4 is 21.8 Å². The predicted octanol–water partition coefficient (Wildman–Crippen LogP) is 5.11. The SMILES string of the molecule is N#Cc1cc(Oc2cccc3ccccc23)c(-n2nnc3ccccc32)cc1C#N. The minimum absolute atomic E-state index is 0.237. The van der Waals surface area contributed by atoms with Gasteiger partial charge in [-0.2, -0.15) is 10.5 Å². The smallest absolute Gasteiger partial charge is 0.154 e. The lowest BCUT2D eigenvalue weighted by Crippen LogP contribution is -2.02. The van der Waals surface area contributed by atoms with Crippen LogP contribution in [0.1, 0.15) is 11.1 Å². The minimum atomic E-state index is 0.237. The van der Waals surface area contributed by atoms with E-state index in [-0.39, 0.29) is 11.1 Å². The van der Waals surface area contributed by atoms with Crippen molar-refractivity contribution in [3.8, 4) is 29.3 Å². The van der Waals surface area contributed by atoms with Crippen molar-refractivity contribution in [2.75, 3.05) is 0 Å². The third-order valence-corrected chi connectivity index (χ3v) is 4.89. The molecule has 0 amide bonds. The molecule has 0 aliphatic rings. The Morgan fingerprint density at radius 1 is 0.767 bits per heavy atom. The number of nitriles is 2. The molecular weight excluding hydrogens is 374 g/mol. The Labute approximate surface area is 171 Å². The lowest BCUT2D eigenvalue weighted by atomic mass is 10.1. The van der Waals surface area contributed by atoms with E-state index >= 15 is 0 Å². The van der Waals surface area contributed by atoms with Gasteiger partial charge in [-0.3, -0.25) is 0 Å². The quantitative estimate of drug-likeness (QED) is 0.429. The van der Waals surface area contributed by atoms with E-state index in [2.05, 4.69) is 22.5 Å². The molecule has 5 aromatic rings. The Hall–Kier alpha value is -4.68. The van der Waals surface area contributed by atoms with Crippen molar-refractivity contribution in [2.45, 2.75) is 0 Å². The Morgan fingerprint density at radius 3 is 2.37 bits per heavy atom. The van der Waals surface area contributed by atoms with E-state index in [1.54, 1.807) is 16.8 Å². The molecule has 0 atom stereocenters. The second kappa shape index (κ2) is 7.05. The highest BCUT2D eigenvalue weighted by atomic mass is 16.5. The molecule has 6 heteroatoms. The number of rotatable bonds is 3. The van der Waals surface area contributed by atoms with Crippen LogP contribution in [0.25, 0.3) is 27.5 Å². The van der Waals surface area contributed by atoms with Crippen LogP contribution < -0.4 is 4.74 Å². The average molecular weight is 387 g/mol. The first-order valence-electron chi connectivity index (χ1n) is 9.23. The van der Waals surface area contributed by atoms with Gasteiger partial charge in [-0.05, 0) is 29.7 Å². The highest BCUT2D eigenvalue weighted by Gasteiger charge is 2.17. The van der Waals surface area contributed by atoms with Crippen molar-refractivity contribution in [3.63, 3.8) is 0 Å². The monoisotopic (exact) mass is 387 g/mol. The van der Waals surface area contributed by atoms with E-state index in [1.165, 1.54) is 0 Å². The number of hydrogen-bond donors (Lipinski definition) is 0. The summed E-state index contributed by atoms with van der Waals surface area (Å²) in [5.74, 6) is 1.06. The number of nitrogens with zero attached hydrogens (tertiary/aromatic N) is 5. The largest absolute Gasteiger partial charge is 0.454 e. The molecule has 0 radical (unpaired) electrons. The summed E-state index contributed by atoms with van der Waals surface area (Å²) in [4.78, 5) is 0. The summed E-state index contributed by atoms with van der Waals surface area (Å²) in [5.41, 5.74) is 2.51. The Balaban J connectivity index is 1.75. The van der Waals surface area contributed by atoms with E-state index in [1.807, 2.05) is 66.7 Å². The fraction of sp³-hybridized carbons (Fsp3) is 0. The van der Waals surface area contributed by atoms with Crippen LogP contribution in [0.2, 0.25) is 0 Å². The molecular formula is C24H13N5O. The topological polar surface area (TPSA) is 87.5 Å². The van der Waals surface area contributed by atoms with E-state index in [9.17, 15) is 10.5 Å². The molecule has 0 fully saturated rings. The summed E-state index contributed by atoms with van der Waals surface area (Å²) in [6.07, 6.45) is 0. The molecule has 0 aliphatic carbocycles. The van der Waals surface area contributed by atoms with Gasteiger partial charge in [0.1, 0.15) is 29.1 Å². The lowest BCUT2D eigenvalue weighted by Gasteiger charge is -2.14. The van der Waals surface area contributed by atoms with Gasteiger partial charge in [0.15, 0.2) is 5.75 Å². The second-order valence-electron chi connectivity index (χ2n) is 6.66. The predicted molar refractivity (Wildman–Crippen MR) is 112 cm³/mol. The van der Waals surface area contributed by atoms with Crippen molar-refractivity contribution in [1.82, 2.24) is 15.0 Å². The van der Waals surface area contributed by atoms with Gasteiger partial charge < -0.3 is 4.74 Å². The van der Waals surface area contributed by atoms with E-state index in [0.717, 1.165) is 21.8 Å². The number of para-hydroxylation sites is 1. The van der Waals surface area contributed by atoms with Gasteiger partial charge in [-0.1, -0.05) is 53.7 Å². The van der Waals surface area contributed by atoms with Crippen molar-refractivity contribution in [1.29, 1.82) is 10.5 Å². The van der Waals surface area contributed by atoms with E-state index in [0.29, 0.717) is 17.2 Å². The summed E-state index contributed by atoms with van der Waals surface area (Å²) in [5, 5.41) is 29.5. The average Bonchev–Trinajstić information content (AvgIpc) is 3.23. The minimum Gasteiger partial charge on any atom is -0.454 e. The van der Waals surface area contributed by atoms with Gasteiger partial charge >= 0.3 is 0 Å². The van der Waals surface area contributed by atoms with Gasteiger partial charge in [-0.25, -0.2) is 4.68 Å². The zero-order valence-corrected chi connectivity index (χ0v) is 15.6. The highest BCUT2D eigenvalue weighted by Crippen LogP contribution is 2.35. The summed E-state index contributed by atoms with van der Waals surface area (Å²) >= 11 is 0. The van der Waals surface area contributed by atoms with Crippen LogP contribution in [-0.4, -0.2) is 15.0 Å². The second-order valence-corrected chi connectivity index (χ2v) is 6.66. The first kappa shape index (κ1) is 17.4. The number of benzene rings is 4. The van der Waals surface area contributed by atoms with Crippen LogP contribution in [0.3, 0.4) is 0 Å². The molecule has 0 N–H and O–H groups in total. The lowest BCUT2D eigenvalue weighted by molar-refractivity contribution is 0.483. The summed E-state index contributed by atoms with van der Waals surface area (Å²) in [7, 11) is 0. The van der Waals surface area contributed by atoms with Crippen LogP contribution >= 0.6 is 0 Å². The van der Waals surface area contributed by atoms with Crippen molar-refractivity contribution < 1.29 is 4.74 Å². The molecule has 0 saturated heterocycles. The molecule has 0 bridgehead atoms. The van der Waals surface area contributed by atoms with E-state index in [4.69, 9.17) is 4.74 Å². The molecule has 4 aromatic carbocycles. The molecule has 140 valence electrons. The van der Waals surface area contributed by atoms with Crippen LogP contribution in [0.15, 0.2) is 78.9 Å². The molecule has 0 spiro atoms. The van der Waals surface area contributed by atoms with Gasteiger partial charge in [0.25, 0.3) is 0 Å². The number of fused-ring (bicyclic) bond motifs is 2. The summed E-state index contributed by atoms with van der Waals surface area (Å²) in [6, 6.07) is 28.5. The summed E-state index contributed by atoms with van der Waals surface area (Å²) in [6.45, 7) is 0. The molecule has 30 heavy (non-hydrogen) atoms. The maximum absolute atomic E-state index is 9.52. The number of ether oxygens (including phenoxy) is 1. The summed E-state index contributed by atoms with van der Waals surface area (Å²) < 4.78 is 7.91. The van der Waals surface area contributed by atoms with E-state index < -0.39 is 0 Å². The first-order valence-corrected chi connectivity index (χ1v) is 9.23.